The maximum absolute atomic E-state index is 13.1. The van der Waals surface area contributed by atoms with Crippen LogP contribution in [0.25, 0.3) is 0 Å². The van der Waals surface area contributed by atoms with Crippen LogP contribution in [0.4, 0.5) is 16.5 Å². The zero-order valence-corrected chi connectivity index (χ0v) is 22.2. The molecule has 3 heterocycles. The minimum Gasteiger partial charge on any atom is -0.369 e. The second-order valence-electron chi connectivity index (χ2n) is 9.12. The molecule has 1 saturated heterocycles. The molecule has 36 heavy (non-hydrogen) atoms. The Labute approximate surface area is 220 Å². The molecule has 2 N–H and O–H groups in total. The molecule has 2 atom stereocenters. The molecule has 1 fully saturated rings. The van der Waals surface area contributed by atoms with Crippen LogP contribution in [0.2, 0.25) is 5.02 Å². The van der Waals surface area contributed by atoms with Crippen LogP contribution >= 0.6 is 22.9 Å². The number of halogens is 1. The van der Waals surface area contributed by atoms with Crippen LogP contribution < -0.4 is 19.8 Å². The van der Waals surface area contributed by atoms with E-state index in [4.69, 9.17) is 11.6 Å². The Morgan fingerprint density at radius 3 is 2.75 bits per heavy atom. The van der Waals surface area contributed by atoms with Crippen LogP contribution in [-0.4, -0.2) is 51.0 Å². The van der Waals surface area contributed by atoms with Crippen LogP contribution in [0.1, 0.15) is 25.3 Å². The van der Waals surface area contributed by atoms with Gasteiger partial charge in [-0.2, -0.15) is 0 Å². The third-order valence-corrected chi connectivity index (χ3v) is 9.15. The van der Waals surface area contributed by atoms with Crippen LogP contribution in [0.5, 0.6) is 0 Å². The molecule has 0 unspecified atom stereocenters. The largest absolute Gasteiger partial charge is 0.369 e. The number of hydrogen-bond donors (Lipinski definition) is 2. The molecule has 2 aliphatic heterocycles. The number of carbonyl (C=O) groups excluding carboxylic acids is 1. The molecule has 5 rings (SSSR count). The van der Waals surface area contributed by atoms with E-state index in [1.54, 1.807) is 35.8 Å². The van der Waals surface area contributed by atoms with Crippen molar-refractivity contribution < 1.29 is 13.2 Å². The third kappa shape index (κ3) is 5.30. The number of anilines is 3. The van der Waals surface area contributed by atoms with Gasteiger partial charge in [-0.15, -0.1) is 11.3 Å². The van der Waals surface area contributed by atoms with Gasteiger partial charge in [0, 0.05) is 53.7 Å². The van der Waals surface area contributed by atoms with Gasteiger partial charge in [-0.1, -0.05) is 11.6 Å². The summed E-state index contributed by atoms with van der Waals surface area (Å²) in [5.74, 6) is 0.0133. The summed E-state index contributed by atoms with van der Waals surface area (Å²) in [7, 11) is -3.68. The van der Waals surface area contributed by atoms with E-state index < -0.39 is 10.0 Å². The lowest BCUT2D eigenvalue weighted by Gasteiger charge is -2.36. The van der Waals surface area contributed by atoms with Gasteiger partial charge in [0.25, 0.3) is 10.0 Å². The molecule has 0 bridgehead atoms. The Morgan fingerprint density at radius 1 is 1.19 bits per heavy atom. The minimum atomic E-state index is -3.68. The first kappa shape index (κ1) is 24.9. The molecular formula is C25H28ClN5O3S2. The van der Waals surface area contributed by atoms with Crippen molar-refractivity contribution in [2.45, 2.75) is 43.2 Å². The fraction of sp³-hybridized carbons (Fsp3) is 0.360. The normalized spacial score (nSPS) is 18.6. The van der Waals surface area contributed by atoms with Gasteiger partial charge in [0.2, 0.25) is 5.91 Å². The second kappa shape index (κ2) is 10.3. The van der Waals surface area contributed by atoms with E-state index in [0.717, 1.165) is 48.7 Å². The number of thiazole rings is 1. The number of carbonyl (C=O) groups is 1. The molecule has 0 spiro atoms. The highest BCUT2D eigenvalue weighted by Crippen LogP contribution is 2.31. The number of nitrogens with zero attached hydrogens (tertiary/aromatic N) is 3. The number of aromatic nitrogens is 1. The number of rotatable bonds is 7. The predicted octanol–water partition coefficient (Wildman–Crippen LogP) is 4.13. The Kier molecular flexibility index (Phi) is 7.09. The number of nitrogens with one attached hydrogen (secondary N) is 2. The van der Waals surface area contributed by atoms with Crippen molar-refractivity contribution in [3.63, 3.8) is 0 Å². The van der Waals surface area contributed by atoms with Crippen molar-refractivity contribution in [3.8, 4) is 0 Å². The predicted molar refractivity (Wildman–Crippen MR) is 145 cm³/mol. The summed E-state index contributed by atoms with van der Waals surface area (Å²) >= 11 is 7.39. The standard InChI is InChI=1S/C25H28ClN5O3S2/c1-17(31-12-2-3-18-15-19(26)4-9-23(18)31)24(32)28-20-10-13-30(16-20)21-5-7-22(8-6-21)36(33,34)29-25-27-11-14-35-25/h4-9,11,14-15,17,20H,2-3,10,12-13,16H2,1H3,(H,27,29)(H,28,32)/t17-,20+/m1/s1. The summed E-state index contributed by atoms with van der Waals surface area (Å²) in [5, 5.41) is 5.99. The average molecular weight is 546 g/mol. The average Bonchev–Trinajstić information content (AvgIpc) is 3.55. The lowest BCUT2D eigenvalue weighted by molar-refractivity contribution is -0.122. The Morgan fingerprint density at radius 2 is 2.00 bits per heavy atom. The Bertz CT molecular complexity index is 1330. The fourth-order valence-corrected chi connectivity index (χ4v) is 6.84. The first-order valence-corrected chi connectivity index (χ1v) is 14.7. The quantitative estimate of drug-likeness (QED) is 0.463. The van der Waals surface area contributed by atoms with Gasteiger partial charge >= 0.3 is 0 Å². The highest BCUT2D eigenvalue weighted by Gasteiger charge is 2.30. The van der Waals surface area contributed by atoms with Crippen molar-refractivity contribution in [3.05, 3.63) is 64.6 Å². The first-order chi connectivity index (χ1) is 17.3. The minimum absolute atomic E-state index is 0.0133. The zero-order chi connectivity index (χ0) is 25.3. The monoisotopic (exact) mass is 545 g/mol. The molecule has 2 aromatic carbocycles. The van der Waals surface area contributed by atoms with E-state index in [-0.39, 0.29) is 22.9 Å². The molecule has 0 aliphatic carbocycles. The summed E-state index contributed by atoms with van der Waals surface area (Å²) in [4.78, 5) is 21.6. The smallest absolute Gasteiger partial charge is 0.263 e. The molecule has 0 radical (unpaired) electrons. The van der Waals surface area contributed by atoms with Crippen LogP contribution in [0.15, 0.2) is 58.9 Å². The summed E-state index contributed by atoms with van der Waals surface area (Å²) in [6, 6.07) is 12.4. The SMILES string of the molecule is C[C@H](C(=O)N[C@H]1CCN(c2ccc(S(=O)(=O)Nc3nccs3)cc2)C1)N1CCCc2cc(Cl)ccc21. The van der Waals surface area contributed by atoms with E-state index in [0.29, 0.717) is 11.7 Å². The number of benzene rings is 2. The number of aryl methyl sites for hydroxylation is 1. The van der Waals surface area contributed by atoms with Gasteiger partial charge in [0.15, 0.2) is 5.13 Å². The Balaban J connectivity index is 1.19. The van der Waals surface area contributed by atoms with Crippen LogP contribution in [0, 0.1) is 0 Å². The maximum atomic E-state index is 13.1. The van der Waals surface area contributed by atoms with Gasteiger partial charge in [0.1, 0.15) is 6.04 Å². The fourth-order valence-electron chi connectivity index (χ4n) is 4.86. The molecule has 2 aliphatic rings. The van der Waals surface area contributed by atoms with E-state index in [9.17, 15) is 13.2 Å². The second-order valence-corrected chi connectivity index (χ2v) is 12.1. The third-order valence-electron chi connectivity index (χ3n) is 6.74. The highest BCUT2D eigenvalue weighted by atomic mass is 35.5. The lowest BCUT2D eigenvalue weighted by Crippen LogP contribution is -2.50. The van der Waals surface area contributed by atoms with E-state index in [1.807, 2.05) is 25.1 Å². The molecule has 1 aromatic heterocycles. The van der Waals surface area contributed by atoms with Gasteiger partial charge in [-0.3, -0.25) is 9.52 Å². The lowest BCUT2D eigenvalue weighted by atomic mass is 10.00. The molecule has 190 valence electrons. The molecule has 0 saturated carbocycles. The van der Waals surface area contributed by atoms with Crippen molar-refractivity contribution >= 4 is 55.4 Å². The van der Waals surface area contributed by atoms with Gasteiger partial charge < -0.3 is 15.1 Å². The molecule has 11 heteroatoms. The summed E-state index contributed by atoms with van der Waals surface area (Å²) in [6.45, 7) is 4.25. The molecule has 8 nitrogen and oxygen atoms in total. The summed E-state index contributed by atoms with van der Waals surface area (Å²) in [5.41, 5.74) is 3.20. The van der Waals surface area contributed by atoms with Crippen LogP contribution in [-0.2, 0) is 21.2 Å². The Hall–Kier alpha value is -2.82. The maximum Gasteiger partial charge on any atom is 0.263 e. The number of sulfonamides is 1. The van der Waals surface area contributed by atoms with Gasteiger partial charge in [0.05, 0.1) is 4.90 Å². The first-order valence-electron chi connectivity index (χ1n) is 11.9. The number of hydrogen-bond acceptors (Lipinski definition) is 7. The number of fused-ring (bicyclic) bond motifs is 1. The van der Waals surface area contributed by atoms with Crippen LogP contribution in [0.3, 0.4) is 0 Å². The highest BCUT2D eigenvalue weighted by molar-refractivity contribution is 7.93. The van der Waals surface area contributed by atoms with E-state index >= 15 is 0 Å². The number of amides is 1. The molecular weight excluding hydrogens is 518 g/mol. The summed E-state index contributed by atoms with van der Waals surface area (Å²) in [6.07, 6.45) is 4.35. The van der Waals surface area contributed by atoms with Crippen molar-refractivity contribution in [1.82, 2.24) is 10.3 Å². The van der Waals surface area contributed by atoms with E-state index in [2.05, 4.69) is 24.8 Å². The zero-order valence-electron chi connectivity index (χ0n) is 19.9. The van der Waals surface area contributed by atoms with Gasteiger partial charge in [-0.25, -0.2) is 13.4 Å². The molecule has 1 amide bonds. The molecule has 3 aromatic rings. The van der Waals surface area contributed by atoms with Gasteiger partial charge in [-0.05, 0) is 74.2 Å². The van der Waals surface area contributed by atoms with Crippen molar-refractivity contribution in [2.24, 2.45) is 0 Å². The topological polar surface area (TPSA) is 94.6 Å². The van der Waals surface area contributed by atoms with Crippen molar-refractivity contribution in [1.29, 1.82) is 0 Å². The van der Waals surface area contributed by atoms with Crippen molar-refractivity contribution in [2.75, 3.05) is 34.2 Å². The van der Waals surface area contributed by atoms with E-state index in [1.165, 1.54) is 16.9 Å². The summed E-state index contributed by atoms with van der Waals surface area (Å²) < 4.78 is 27.6.